The molecular weight excluding hydrogens is 330 g/mol. The van der Waals surface area contributed by atoms with Crippen molar-refractivity contribution in [1.29, 1.82) is 0 Å². The molecule has 25 heavy (non-hydrogen) atoms. The van der Waals surface area contributed by atoms with Crippen molar-refractivity contribution in [3.8, 4) is 5.75 Å². The molecule has 5 nitrogen and oxygen atoms in total. The fourth-order valence-electron chi connectivity index (χ4n) is 2.29. The number of hydrogen-bond acceptors (Lipinski definition) is 3. The first-order valence-corrected chi connectivity index (χ1v) is 7.53. The number of nitrogens with one attached hydrogen (secondary N) is 1. The number of methoxy groups -OCH3 is 1. The van der Waals surface area contributed by atoms with E-state index in [4.69, 9.17) is 4.74 Å². The number of anilines is 1. The first-order valence-electron chi connectivity index (χ1n) is 7.53. The number of halogens is 2. The summed E-state index contributed by atoms with van der Waals surface area (Å²) in [6, 6.07) is 10.3. The van der Waals surface area contributed by atoms with Crippen LogP contribution in [-0.2, 0) is 16.1 Å². The summed E-state index contributed by atoms with van der Waals surface area (Å²) in [7, 11) is 1.50. The molecule has 0 spiro atoms. The number of ether oxygens (including phenoxy) is 1. The Labute approximate surface area is 144 Å². The van der Waals surface area contributed by atoms with Gasteiger partial charge in [0.15, 0.2) is 0 Å². The van der Waals surface area contributed by atoms with Crippen LogP contribution in [-0.4, -0.2) is 30.4 Å². The van der Waals surface area contributed by atoms with Gasteiger partial charge in [0, 0.05) is 19.0 Å². The Bertz CT molecular complexity index is 760. The molecular formula is C18H18F2N2O3. The molecule has 0 saturated carbocycles. The summed E-state index contributed by atoms with van der Waals surface area (Å²) in [5.41, 5.74) is 0.179. The molecule has 132 valence electrons. The molecule has 2 aromatic carbocycles. The Morgan fingerprint density at radius 3 is 2.32 bits per heavy atom. The zero-order chi connectivity index (χ0) is 18.4. The lowest BCUT2D eigenvalue weighted by atomic mass is 10.2. The van der Waals surface area contributed by atoms with Crippen LogP contribution in [0, 0.1) is 11.6 Å². The molecule has 1 N–H and O–H groups in total. The van der Waals surface area contributed by atoms with E-state index in [1.165, 1.54) is 25.0 Å². The van der Waals surface area contributed by atoms with Gasteiger partial charge in [0.25, 0.3) is 0 Å². The van der Waals surface area contributed by atoms with E-state index in [9.17, 15) is 18.4 Å². The van der Waals surface area contributed by atoms with Gasteiger partial charge in [-0.05, 0) is 18.2 Å². The highest BCUT2D eigenvalue weighted by Gasteiger charge is 2.18. The van der Waals surface area contributed by atoms with Crippen LogP contribution < -0.4 is 10.1 Å². The van der Waals surface area contributed by atoms with Gasteiger partial charge in [0.1, 0.15) is 29.6 Å². The number of carbonyl (C=O) groups excluding carboxylic acids is 2. The number of rotatable bonds is 6. The Morgan fingerprint density at radius 2 is 1.72 bits per heavy atom. The van der Waals surface area contributed by atoms with E-state index in [1.807, 2.05) is 0 Å². The highest BCUT2D eigenvalue weighted by atomic mass is 19.1. The number of amides is 2. The maximum absolute atomic E-state index is 13.6. The molecule has 0 fully saturated rings. The van der Waals surface area contributed by atoms with Crippen molar-refractivity contribution in [3.05, 3.63) is 59.7 Å². The van der Waals surface area contributed by atoms with Gasteiger partial charge in [-0.15, -0.1) is 0 Å². The molecule has 0 radical (unpaired) electrons. The van der Waals surface area contributed by atoms with Crippen LogP contribution in [0.5, 0.6) is 5.75 Å². The standard InChI is InChI=1S/C18H18F2N2O3/c1-12(23)22(10-13-6-3-4-9-16(13)25-2)11-17(24)21-18-14(19)7-5-8-15(18)20/h3-9H,10-11H2,1-2H3,(H,21,24). The van der Waals surface area contributed by atoms with Gasteiger partial charge < -0.3 is 15.0 Å². The lowest BCUT2D eigenvalue weighted by molar-refractivity contribution is -0.133. The number of para-hydroxylation sites is 2. The van der Waals surface area contributed by atoms with Crippen LogP contribution >= 0.6 is 0 Å². The maximum Gasteiger partial charge on any atom is 0.244 e. The Hall–Kier alpha value is -2.96. The van der Waals surface area contributed by atoms with Crippen LogP contribution in [0.3, 0.4) is 0 Å². The van der Waals surface area contributed by atoms with Gasteiger partial charge in [-0.3, -0.25) is 9.59 Å². The lowest BCUT2D eigenvalue weighted by Gasteiger charge is -2.22. The van der Waals surface area contributed by atoms with Gasteiger partial charge >= 0.3 is 0 Å². The topological polar surface area (TPSA) is 58.6 Å². The molecule has 0 saturated heterocycles. The van der Waals surface area contributed by atoms with Crippen molar-refractivity contribution in [2.75, 3.05) is 19.0 Å². The van der Waals surface area contributed by atoms with E-state index in [0.29, 0.717) is 11.3 Å². The second kappa shape index (κ2) is 8.23. The van der Waals surface area contributed by atoms with E-state index >= 15 is 0 Å². The molecule has 0 unspecified atom stereocenters. The predicted octanol–water partition coefficient (Wildman–Crippen LogP) is 2.96. The Balaban J connectivity index is 2.11. The van der Waals surface area contributed by atoms with Gasteiger partial charge in [0.05, 0.1) is 7.11 Å². The normalized spacial score (nSPS) is 10.2. The second-order valence-electron chi connectivity index (χ2n) is 5.33. The third-order valence-corrected chi connectivity index (χ3v) is 3.56. The fourth-order valence-corrected chi connectivity index (χ4v) is 2.29. The minimum absolute atomic E-state index is 0.131. The zero-order valence-corrected chi connectivity index (χ0v) is 13.9. The fraction of sp³-hybridized carbons (Fsp3) is 0.222. The molecule has 0 aromatic heterocycles. The number of benzene rings is 2. The molecule has 0 atom stereocenters. The van der Waals surface area contributed by atoms with Crippen molar-refractivity contribution in [2.45, 2.75) is 13.5 Å². The van der Waals surface area contributed by atoms with Crippen LogP contribution in [0.1, 0.15) is 12.5 Å². The molecule has 0 aliphatic heterocycles. The van der Waals surface area contributed by atoms with Crippen molar-refractivity contribution in [1.82, 2.24) is 4.90 Å². The second-order valence-corrected chi connectivity index (χ2v) is 5.33. The van der Waals surface area contributed by atoms with E-state index in [1.54, 1.807) is 24.3 Å². The van der Waals surface area contributed by atoms with Gasteiger partial charge in [0.2, 0.25) is 11.8 Å². The van der Waals surface area contributed by atoms with Gasteiger partial charge in [-0.25, -0.2) is 8.78 Å². The number of carbonyl (C=O) groups is 2. The summed E-state index contributed by atoms with van der Waals surface area (Å²) >= 11 is 0. The molecule has 2 rings (SSSR count). The third kappa shape index (κ3) is 4.76. The predicted molar refractivity (Wildman–Crippen MR) is 89.1 cm³/mol. The van der Waals surface area contributed by atoms with Crippen molar-refractivity contribution in [3.63, 3.8) is 0 Å². The molecule has 7 heteroatoms. The smallest absolute Gasteiger partial charge is 0.244 e. The monoisotopic (exact) mass is 348 g/mol. The lowest BCUT2D eigenvalue weighted by Crippen LogP contribution is -2.36. The zero-order valence-electron chi connectivity index (χ0n) is 13.9. The quantitative estimate of drug-likeness (QED) is 0.873. The first kappa shape index (κ1) is 18.4. The van der Waals surface area contributed by atoms with E-state index in [0.717, 1.165) is 12.1 Å². The molecule has 2 amide bonds. The Morgan fingerprint density at radius 1 is 1.08 bits per heavy atom. The van der Waals surface area contributed by atoms with Crippen LogP contribution in [0.25, 0.3) is 0 Å². The van der Waals surface area contributed by atoms with E-state index < -0.39 is 23.2 Å². The van der Waals surface area contributed by atoms with E-state index in [-0.39, 0.29) is 19.0 Å². The molecule has 0 aliphatic rings. The van der Waals surface area contributed by atoms with Crippen molar-refractivity contribution >= 4 is 17.5 Å². The average Bonchev–Trinajstić information content (AvgIpc) is 2.58. The highest BCUT2D eigenvalue weighted by Crippen LogP contribution is 2.20. The van der Waals surface area contributed by atoms with Gasteiger partial charge in [-0.2, -0.15) is 0 Å². The molecule has 2 aromatic rings. The minimum Gasteiger partial charge on any atom is -0.496 e. The summed E-state index contributed by atoms with van der Waals surface area (Å²) in [5.74, 6) is -2.24. The highest BCUT2D eigenvalue weighted by molar-refractivity contribution is 5.94. The van der Waals surface area contributed by atoms with E-state index in [2.05, 4.69) is 5.32 Å². The molecule has 0 heterocycles. The first-order chi connectivity index (χ1) is 11.9. The van der Waals surface area contributed by atoms with Crippen LogP contribution in [0.15, 0.2) is 42.5 Å². The SMILES string of the molecule is COc1ccccc1CN(CC(=O)Nc1c(F)cccc1F)C(C)=O. The van der Waals surface area contributed by atoms with Crippen molar-refractivity contribution in [2.24, 2.45) is 0 Å². The minimum atomic E-state index is -0.882. The van der Waals surface area contributed by atoms with Crippen LogP contribution in [0.4, 0.5) is 14.5 Å². The average molecular weight is 348 g/mol. The summed E-state index contributed by atoms with van der Waals surface area (Å²) in [5, 5.41) is 2.16. The van der Waals surface area contributed by atoms with Gasteiger partial charge in [-0.1, -0.05) is 24.3 Å². The largest absolute Gasteiger partial charge is 0.496 e. The van der Waals surface area contributed by atoms with Crippen molar-refractivity contribution < 1.29 is 23.1 Å². The molecule has 0 bridgehead atoms. The Kier molecular flexibility index (Phi) is 6.05. The third-order valence-electron chi connectivity index (χ3n) is 3.56. The summed E-state index contributed by atoms with van der Waals surface area (Å²) in [4.78, 5) is 25.2. The maximum atomic E-state index is 13.6. The molecule has 0 aliphatic carbocycles. The van der Waals surface area contributed by atoms with Crippen LogP contribution in [0.2, 0.25) is 0 Å². The summed E-state index contributed by atoms with van der Waals surface area (Å²) in [6.07, 6.45) is 0. The number of nitrogens with zero attached hydrogens (tertiary/aromatic N) is 1. The number of hydrogen-bond donors (Lipinski definition) is 1. The summed E-state index contributed by atoms with van der Waals surface area (Å²) in [6.45, 7) is 1.10. The summed E-state index contributed by atoms with van der Waals surface area (Å²) < 4.78 is 32.4.